The molecule has 5 nitrogen and oxygen atoms in total. The van der Waals surface area contributed by atoms with Gasteiger partial charge in [0.15, 0.2) is 9.84 Å². The second-order valence-corrected chi connectivity index (χ2v) is 11.9. The molecule has 0 unspecified atom stereocenters. The van der Waals surface area contributed by atoms with Crippen LogP contribution in [-0.4, -0.2) is 51.0 Å². The molecule has 0 aromatic heterocycles. The molecule has 3 aromatic rings. The summed E-state index contributed by atoms with van der Waals surface area (Å²) in [7, 11) is -3.89. The Morgan fingerprint density at radius 3 is 2.26 bits per heavy atom. The summed E-state index contributed by atoms with van der Waals surface area (Å²) in [5, 5.41) is 8.50. The van der Waals surface area contributed by atoms with Gasteiger partial charge < -0.3 is 9.84 Å². The topological polar surface area (TPSA) is 66.8 Å². The zero-order chi connectivity index (χ0) is 31.3. The number of hydrogen-bond acceptors (Lipinski definition) is 5. The molecule has 0 radical (unpaired) electrons. The lowest BCUT2D eigenvalue weighted by Gasteiger charge is -2.28. The molecule has 0 amide bonds. The Bertz CT molecular complexity index is 1480. The SMILES string of the molecule is CS(=O)(=O)c1cc(OCCCN(Cc2cccc(C(F)(F)F)c2Cl)CC(F)(F)c2ccc(F)cc2)cc(F)c1CCO. The fourth-order valence-electron chi connectivity index (χ4n) is 4.28. The van der Waals surface area contributed by atoms with E-state index in [-0.39, 0.29) is 47.8 Å². The predicted octanol–water partition coefficient (Wildman–Crippen LogP) is 6.64. The maximum atomic E-state index is 15.2. The lowest BCUT2D eigenvalue weighted by Crippen LogP contribution is -2.36. The third-order valence-corrected chi connectivity index (χ3v) is 7.85. The van der Waals surface area contributed by atoms with Gasteiger partial charge in [-0.3, -0.25) is 4.90 Å². The van der Waals surface area contributed by atoms with Gasteiger partial charge in [0.25, 0.3) is 5.92 Å². The summed E-state index contributed by atoms with van der Waals surface area (Å²) in [6.07, 6.45) is -4.13. The minimum absolute atomic E-state index is 0.0182. The first-order valence-corrected chi connectivity index (χ1v) is 14.8. The van der Waals surface area contributed by atoms with Crippen LogP contribution in [0.4, 0.5) is 30.7 Å². The fraction of sp³-hybridized carbons (Fsp3) is 0.357. The van der Waals surface area contributed by atoms with Crippen LogP contribution in [-0.2, 0) is 34.9 Å². The molecule has 0 bridgehead atoms. The number of aliphatic hydroxyl groups excluding tert-OH is 1. The molecular formula is C28H27ClF7NO4S. The zero-order valence-corrected chi connectivity index (χ0v) is 23.8. The van der Waals surface area contributed by atoms with Gasteiger partial charge in [-0.1, -0.05) is 35.9 Å². The first kappa shape index (κ1) is 33.6. The van der Waals surface area contributed by atoms with Crippen molar-refractivity contribution < 1.29 is 49.0 Å². The summed E-state index contributed by atoms with van der Waals surface area (Å²) < 4.78 is 128. The summed E-state index contributed by atoms with van der Waals surface area (Å²) >= 11 is 5.99. The number of halogens is 8. The molecule has 0 saturated carbocycles. The van der Waals surface area contributed by atoms with E-state index in [0.29, 0.717) is 0 Å². The van der Waals surface area contributed by atoms with Crippen molar-refractivity contribution in [3.05, 3.63) is 93.5 Å². The molecule has 0 heterocycles. The Morgan fingerprint density at radius 2 is 1.67 bits per heavy atom. The highest BCUT2D eigenvalue weighted by Crippen LogP contribution is 2.37. The summed E-state index contributed by atoms with van der Waals surface area (Å²) in [6.45, 7) is -2.20. The van der Waals surface area contributed by atoms with Crippen LogP contribution in [0.15, 0.2) is 59.5 Å². The third-order valence-electron chi connectivity index (χ3n) is 6.24. The Kier molecular flexibility index (Phi) is 10.9. The molecule has 1 N–H and O–H groups in total. The van der Waals surface area contributed by atoms with Crippen molar-refractivity contribution >= 4 is 21.4 Å². The molecule has 3 rings (SSSR count). The van der Waals surface area contributed by atoms with Crippen molar-refractivity contribution in [2.24, 2.45) is 0 Å². The van der Waals surface area contributed by atoms with E-state index < -0.39 is 69.4 Å². The number of sulfone groups is 1. The fourth-order valence-corrected chi connectivity index (χ4v) is 5.55. The van der Waals surface area contributed by atoms with E-state index >= 15 is 8.78 Å². The summed E-state index contributed by atoms with van der Waals surface area (Å²) in [5.74, 6) is -5.32. The zero-order valence-electron chi connectivity index (χ0n) is 22.2. The molecule has 14 heteroatoms. The molecule has 0 aliphatic carbocycles. The number of aliphatic hydroxyl groups is 1. The van der Waals surface area contributed by atoms with E-state index in [1.807, 2.05) is 0 Å². The first-order chi connectivity index (χ1) is 19.5. The van der Waals surface area contributed by atoms with Crippen LogP contribution >= 0.6 is 11.6 Å². The van der Waals surface area contributed by atoms with E-state index in [0.717, 1.165) is 59.7 Å². The maximum Gasteiger partial charge on any atom is 0.417 e. The predicted molar refractivity (Wildman–Crippen MR) is 142 cm³/mol. The number of alkyl halides is 5. The third kappa shape index (κ3) is 8.82. The molecule has 0 spiro atoms. The van der Waals surface area contributed by atoms with Gasteiger partial charge in [-0.25, -0.2) is 17.2 Å². The van der Waals surface area contributed by atoms with Crippen LogP contribution < -0.4 is 4.74 Å². The monoisotopic (exact) mass is 641 g/mol. The van der Waals surface area contributed by atoms with Crippen molar-refractivity contribution in [1.82, 2.24) is 4.90 Å². The van der Waals surface area contributed by atoms with Crippen LogP contribution in [0.2, 0.25) is 5.02 Å². The number of rotatable bonds is 13. The molecule has 230 valence electrons. The lowest BCUT2D eigenvalue weighted by molar-refractivity contribution is -0.137. The molecular weight excluding hydrogens is 615 g/mol. The summed E-state index contributed by atoms with van der Waals surface area (Å²) in [6, 6.07) is 8.71. The Labute approximate surface area is 243 Å². The molecule has 0 aliphatic heterocycles. The van der Waals surface area contributed by atoms with Gasteiger partial charge in [-0.05, 0) is 42.7 Å². The van der Waals surface area contributed by atoms with E-state index in [4.69, 9.17) is 21.4 Å². The van der Waals surface area contributed by atoms with E-state index in [1.54, 1.807) is 0 Å². The summed E-state index contributed by atoms with van der Waals surface area (Å²) in [5.41, 5.74) is -1.89. The minimum atomic E-state index is -4.77. The smallest absolute Gasteiger partial charge is 0.417 e. The average molecular weight is 642 g/mol. The van der Waals surface area contributed by atoms with Gasteiger partial charge >= 0.3 is 6.18 Å². The average Bonchev–Trinajstić information content (AvgIpc) is 2.88. The maximum absolute atomic E-state index is 15.2. The quantitative estimate of drug-likeness (QED) is 0.168. The highest BCUT2D eigenvalue weighted by Gasteiger charge is 2.36. The molecule has 0 aliphatic rings. The largest absolute Gasteiger partial charge is 0.493 e. The van der Waals surface area contributed by atoms with Crippen molar-refractivity contribution in [3.63, 3.8) is 0 Å². The van der Waals surface area contributed by atoms with Crippen LogP contribution in [0.5, 0.6) is 5.75 Å². The van der Waals surface area contributed by atoms with E-state index in [2.05, 4.69) is 0 Å². The Morgan fingerprint density at radius 1 is 1.00 bits per heavy atom. The van der Waals surface area contributed by atoms with Crippen molar-refractivity contribution in [2.75, 3.05) is 32.6 Å². The van der Waals surface area contributed by atoms with Gasteiger partial charge in [0.1, 0.15) is 17.4 Å². The Balaban J connectivity index is 1.81. The molecule has 0 fully saturated rings. The van der Waals surface area contributed by atoms with Crippen molar-refractivity contribution in [2.45, 2.75) is 36.4 Å². The number of benzene rings is 3. The van der Waals surface area contributed by atoms with Crippen molar-refractivity contribution in [1.29, 1.82) is 0 Å². The Hall–Kier alpha value is -2.87. The van der Waals surface area contributed by atoms with Gasteiger partial charge in [0.05, 0.1) is 28.6 Å². The van der Waals surface area contributed by atoms with Gasteiger partial charge in [0, 0.05) is 43.1 Å². The van der Waals surface area contributed by atoms with Crippen molar-refractivity contribution in [3.8, 4) is 5.75 Å². The number of ether oxygens (including phenoxy) is 1. The summed E-state index contributed by atoms with van der Waals surface area (Å²) in [4.78, 5) is 0.785. The van der Waals surface area contributed by atoms with Gasteiger partial charge in [0.2, 0.25) is 0 Å². The highest BCUT2D eigenvalue weighted by molar-refractivity contribution is 7.90. The van der Waals surface area contributed by atoms with Crippen LogP contribution in [0.1, 0.15) is 28.7 Å². The minimum Gasteiger partial charge on any atom is -0.493 e. The second-order valence-electron chi connectivity index (χ2n) is 9.53. The van der Waals surface area contributed by atoms with Crippen LogP contribution in [0.25, 0.3) is 0 Å². The number of nitrogens with zero attached hydrogens (tertiary/aromatic N) is 1. The van der Waals surface area contributed by atoms with Crippen LogP contribution in [0, 0.1) is 11.6 Å². The normalized spacial score (nSPS) is 12.6. The molecule has 42 heavy (non-hydrogen) atoms. The molecule has 0 atom stereocenters. The standard InChI is InChI=1S/C28H27ClF7NO4S/c1-42(39,40)25-15-21(14-24(31)22(25)10-12-38)41-13-3-11-37(17-27(32,33)19-6-8-20(30)9-7-19)16-18-4-2-5-23(26(18)29)28(34,35)36/h2,4-9,14-15,38H,3,10-13,16-17H2,1H3. The highest BCUT2D eigenvalue weighted by atomic mass is 35.5. The lowest BCUT2D eigenvalue weighted by atomic mass is 10.1. The molecule has 3 aromatic carbocycles. The first-order valence-electron chi connectivity index (χ1n) is 12.5. The van der Waals surface area contributed by atoms with Crippen LogP contribution in [0.3, 0.4) is 0 Å². The second kappa shape index (κ2) is 13.6. The van der Waals surface area contributed by atoms with Gasteiger partial charge in [-0.15, -0.1) is 0 Å². The van der Waals surface area contributed by atoms with E-state index in [9.17, 15) is 30.4 Å². The molecule has 0 saturated heterocycles. The van der Waals surface area contributed by atoms with Gasteiger partial charge in [-0.2, -0.15) is 22.0 Å². The number of hydrogen-bond donors (Lipinski definition) is 1. The van der Waals surface area contributed by atoms with E-state index in [1.165, 1.54) is 6.07 Å².